The quantitative estimate of drug-likeness (QED) is 0.871. The van der Waals surface area contributed by atoms with E-state index in [9.17, 15) is 9.18 Å². The predicted octanol–water partition coefficient (Wildman–Crippen LogP) is 3.65. The molecule has 22 heavy (non-hydrogen) atoms. The molecule has 2 atom stereocenters. The van der Waals surface area contributed by atoms with Gasteiger partial charge in [0.2, 0.25) is 5.91 Å². The number of halogens is 2. The average Bonchev–Trinajstić information content (AvgIpc) is 2.42. The van der Waals surface area contributed by atoms with Crippen molar-refractivity contribution in [2.45, 2.75) is 45.1 Å². The summed E-state index contributed by atoms with van der Waals surface area (Å²) < 4.78 is 13.5. The van der Waals surface area contributed by atoms with Crippen LogP contribution in [-0.2, 0) is 4.79 Å². The van der Waals surface area contributed by atoms with E-state index < -0.39 is 0 Å². The number of carbonyl (C=O) groups is 1. The number of rotatable bonds is 2. The first-order chi connectivity index (χ1) is 10.0. The van der Waals surface area contributed by atoms with Crippen LogP contribution in [0.5, 0.6) is 0 Å². The van der Waals surface area contributed by atoms with Crippen molar-refractivity contribution in [2.24, 2.45) is 23.5 Å². The van der Waals surface area contributed by atoms with Crippen LogP contribution in [0.3, 0.4) is 0 Å². The van der Waals surface area contributed by atoms with Crippen molar-refractivity contribution in [3.63, 3.8) is 0 Å². The maximum atomic E-state index is 13.5. The molecule has 3 nitrogen and oxygen atoms in total. The largest absolute Gasteiger partial charge is 0.327 e. The van der Waals surface area contributed by atoms with Gasteiger partial charge in [-0.25, -0.2) is 4.39 Å². The van der Waals surface area contributed by atoms with E-state index in [1.54, 1.807) is 19.1 Å². The van der Waals surface area contributed by atoms with Gasteiger partial charge >= 0.3 is 0 Å². The standard InChI is InChI=1S/C17H23FN2O.ClH/c1-10-5-6-14(9-15(10)18)20-17(21)13-7-11-3-2-4-12(8-13)16(11)19;/h5-6,9,11-13,16H,2-4,7-8,19H2,1H3,(H,20,21);1H. The smallest absolute Gasteiger partial charge is 0.227 e. The SMILES string of the molecule is Cc1ccc(NC(=O)C2CC3CCCC(C2)C3N)cc1F.Cl. The number of nitrogens with one attached hydrogen (secondary N) is 1. The van der Waals surface area contributed by atoms with Gasteiger partial charge < -0.3 is 11.1 Å². The Morgan fingerprint density at radius 3 is 2.50 bits per heavy atom. The van der Waals surface area contributed by atoms with Crippen molar-refractivity contribution in [3.8, 4) is 0 Å². The highest BCUT2D eigenvalue weighted by Gasteiger charge is 2.40. The lowest BCUT2D eigenvalue weighted by molar-refractivity contribution is -0.122. The number of aryl methyl sites for hydroxylation is 1. The first-order valence-corrected chi connectivity index (χ1v) is 7.87. The Labute approximate surface area is 137 Å². The second kappa shape index (κ2) is 6.97. The summed E-state index contributed by atoms with van der Waals surface area (Å²) in [7, 11) is 0. The zero-order valence-electron chi connectivity index (χ0n) is 12.8. The molecule has 0 aromatic heterocycles. The number of nitrogens with two attached hydrogens (primary N) is 1. The summed E-state index contributed by atoms with van der Waals surface area (Å²) in [5.74, 6) is 0.702. The van der Waals surface area contributed by atoms with Crippen LogP contribution >= 0.6 is 12.4 Å². The predicted molar refractivity (Wildman–Crippen MR) is 88.5 cm³/mol. The maximum absolute atomic E-state index is 13.5. The Morgan fingerprint density at radius 1 is 1.27 bits per heavy atom. The summed E-state index contributed by atoms with van der Waals surface area (Å²) in [4.78, 5) is 12.4. The molecule has 0 spiro atoms. The normalized spacial score (nSPS) is 30.3. The highest BCUT2D eigenvalue weighted by Crippen LogP contribution is 2.42. The molecule has 1 amide bonds. The van der Waals surface area contributed by atoms with Crippen molar-refractivity contribution in [2.75, 3.05) is 5.32 Å². The van der Waals surface area contributed by atoms with Crippen LogP contribution in [0.2, 0.25) is 0 Å². The summed E-state index contributed by atoms with van der Waals surface area (Å²) in [6.07, 6.45) is 5.26. The summed E-state index contributed by atoms with van der Waals surface area (Å²) in [6, 6.07) is 5.10. The minimum Gasteiger partial charge on any atom is -0.327 e. The summed E-state index contributed by atoms with van der Waals surface area (Å²) in [5, 5.41) is 2.86. The van der Waals surface area contributed by atoms with Gasteiger partial charge in [0.25, 0.3) is 0 Å². The van der Waals surface area contributed by atoms with Crippen molar-refractivity contribution >= 4 is 24.0 Å². The van der Waals surface area contributed by atoms with E-state index in [2.05, 4.69) is 5.32 Å². The fourth-order valence-electron chi connectivity index (χ4n) is 3.92. The Hall–Kier alpha value is -1.13. The molecule has 0 aliphatic heterocycles. The molecule has 1 aromatic rings. The Kier molecular flexibility index (Phi) is 5.45. The van der Waals surface area contributed by atoms with E-state index in [-0.39, 0.29) is 36.1 Å². The van der Waals surface area contributed by atoms with E-state index in [0.717, 1.165) is 25.7 Å². The molecule has 2 aliphatic carbocycles. The molecule has 5 heteroatoms. The highest BCUT2D eigenvalue weighted by molar-refractivity contribution is 5.92. The third kappa shape index (κ3) is 3.44. The van der Waals surface area contributed by atoms with Gasteiger partial charge in [0.1, 0.15) is 5.82 Å². The van der Waals surface area contributed by atoms with E-state index in [4.69, 9.17) is 5.73 Å². The van der Waals surface area contributed by atoms with Gasteiger partial charge in [-0.2, -0.15) is 0 Å². The molecule has 1 aromatic carbocycles. The minimum absolute atomic E-state index is 0. The van der Waals surface area contributed by atoms with E-state index in [0.29, 0.717) is 23.1 Å². The van der Waals surface area contributed by atoms with Crippen LogP contribution in [0.4, 0.5) is 10.1 Å². The van der Waals surface area contributed by atoms with Crippen molar-refractivity contribution in [3.05, 3.63) is 29.6 Å². The number of fused-ring (bicyclic) bond motifs is 2. The zero-order valence-corrected chi connectivity index (χ0v) is 13.7. The topological polar surface area (TPSA) is 55.1 Å². The van der Waals surface area contributed by atoms with E-state index in [1.165, 1.54) is 12.5 Å². The lowest BCUT2D eigenvalue weighted by atomic mass is 9.65. The van der Waals surface area contributed by atoms with Crippen molar-refractivity contribution in [1.82, 2.24) is 0 Å². The fourth-order valence-corrected chi connectivity index (χ4v) is 3.92. The Morgan fingerprint density at radius 2 is 1.91 bits per heavy atom. The molecule has 2 fully saturated rings. The first kappa shape index (κ1) is 17.2. The van der Waals surface area contributed by atoms with Crippen LogP contribution in [0.15, 0.2) is 18.2 Å². The number of hydrogen-bond acceptors (Lipinski definition) is 2. The Balaban J connectivity index is 0.00000176. The van der Waals surface area contributed by atoms with Crippen LogP contribution in [0.1, 0.15) is 37.7 Å². The van der Waals surface area contributed by atoms with Gasteiger partial charge in [-0.3, -0.25) is 4.79 Å². The minimum atomic E-state index is -0.282. The second-order valence-electron chi connectivity index (χ2n) is 6.65. The number of amides is 1. The number of benzene rings is 1. The van der Waals surface area contributed by atoms with Gasteiger partial charge in [-0.05, 0) is 62.1 Å². The molecular weight excluding hydrogens is 303 g/mol. The number of anilines is 1. The molecule has 0 radical (unpaired) electrons. The number of hydrogen-bond donors (Lipinski definition) is 2. The lowest BCUT2D eigenvalue weighted by Gasteiger charge is -2.43. The van der Waals surface area contributed by atoms with Gasteiger partial charge in [-0.1, -0.05) is 12.5 Å². The van der Waals surface area contributed by atoms with Gasteiger partial charge in [-0.15, -0.1) is 12.4 Å². The molecule has 2 aliphatic rings. The summed E-state index contributed by atoms with van der Waals surface area (Å²) >= 11 is 0. The molecule has 0 saturated heterocycles. The van der Waals surface area contributed by atoms with Crippen molar-refractivity contribution < 1.29 is 9.18 Å². The average molecular weight is 327 g/mol. The van der Waals surface area contributed by atoms with Gasteiger partial charge in [0.05, 0.1) is 0 Å². The Bertz CT molecular complexity index is 537. The molecule has 122 valence electrons. The molecule has 2 bridgehead atoms. The van der Waals surface area contributed by atoms with Crippen molar-refractivity contribution in [1.29, 1.82) is 0 Å². The van der Waals surface area contributed by atoms with Crippen LogP contribution in [0, 0.1) is 30.5 Å². The molecule has 2 unspecified atom stereocenters. The molecule has 3 rings (SSSR count). The fraction of sp³-hybridized carbons (Fsp3) is 0.588. The lowest BCUT2D eigenvalue weighted by Crippen LogP contribution is -2.48. The maximum Gasteiger partial charge on any atom is 0.227 e. The second-order valence-corrected chi connectivity index (χ2v) is 6.65. The first-order valence-electron chi connectivity index (χ1n) is 7.87. The highest BCUT2D eigenvalue weighted by atomic mass is 35.5. The monoisotopic (exact) mass is 326 g/mol. The summed E-state index contributed by atoms with van der Waals surface area (Å²) in [6.45, 7) is 1.71. The molecular formula is C17H24ClFN2O. The van der Waals surface area contributed by atoms with Crippen LogP contribution < -0.4 is 11.1 Å². The zero-order chi connectivity index (χ0) is 15.0. The molecule has 2 saturated carbocycles. The van der Waals surface area contributed by atoms with Gasteiger partial charge in [0.15, 0.2) is 0 Å². The van der Waals surface area contributed by atoms with E-state index >= 15 is 0 Å². The molecule has 3 N–H and O–H groups in total. The van der Waals surface area contributed by atoms with E-state index in [1.807, 2.05) is 0 Å². The number of carbonyl (C=O) groups excluding carboxylic acids is 1. The van der Waals surface area contributed by atoms with Crippen LogP contribution in [0.25, 0.3) is 0 Å². The third-order valence-electron chi connectivity index (χ3n) is 5.22. The summed E-state index contributed by atoms with van der Waals surface area (Å²) in [5.41, 5.74) is 7.39. The van der Waals surface area contributed by atoms with Gasteiger partial charge in [0, 0.05) is 17.6 Å². The van der Waals surface area contributed by atoms with Crippen LogP contribution in [-0.4, -0.2) is 11.9 Å². The molecule has 0 heterocycles. The third-order valence-corrected chi connectivity index (χ3v) is 5.22.